The number of thiol groups is 1. The Morgan fingerprint density at radius 1 is 1.73 bits per heavy atom. The van der Waals surface area contributed by atoms with E-state index in [1.165, 1.54) is 19.4 Å². The molecule has 0 bridgehead atoms. The van der Waals surface area contributed by atoms with E-state index in [-0.39, 0.29) is 0 Å². The van der Waals surface area contributed by atoms with Crippen molar-refractivity contribution in [2.75, 3.05) is 20.3 Å². The van der Waals surface area contributed by atoms with E-state index in [9.17, 15) is 0 Å². The van der Waals surface area contributed by atoms with Gasteiger partial charge in [0.1, 0.15) is 0 Å². The first-order chi connectivity index (χ1) is 5.25. The first-order valence-electron chi connectivity index (χ1n) is 4.18. The average molecular weight is 175 g/mol. The van der Waals surface area contributed by atoms with Crippen molar-refractivity contribution in [3.8, 4) is 0 Å². The van der Waals surface area contributed by atoms with Crippen molar-refractivity contribution >= 4 is 12.6 Å². The van der Waals surface area contributed by atoms with E-state index in [0.717, 1.165) is 6.61 Å². The van der Waals surface area contributed by atoms with Crippen molar-refractivity contribution in [2.24, 2.45) is 0 Å². The monoisotopic (exact) mass is 175 g/mol. The lowest BCUT2D eigenvalue weighted by atomic mass is 10.2. The third-order valence-corrected chi connectivity index (χ3v) is 2.56. The van der Waals surface area contributed by atoms with E-state index in [2.05, 4.69) is 24.5 Å². The van der Waals surface area contributed by atoms with Gasteiger partial charge >= 0.3 is 0 Å². The minimum Gasteiger partial charge on any atom is -0.383 e. The molecule has 0 radical (unpaired) electrons. The SMILES string of the molecule is COCC1CCCN1C(C)S. The smallest absolute Gasteiger partial charge is 0.0618 e. The molecule has 2 atom stereocenters. The van der Waals surface area contributed by atoms with E-state index in [0.29, 0.717) is 11.4 Å². The van der Waals surface area contributed by atoms with Gasteiger partial charge in [-0.2, -0.15) is 12.6 Å². The van der Waals surface area contributed by atoms with Crippen LogP contribution in [-0.4, -0.2) is 36.6 Å². The third kappa shape index (κ3) is 2.36. The van der Waals surface area contributed by atoms with Crippen LogP contribution in [-0.2, 0) is 4.74 Å². The maximum atomic E-state index is 5.13. The molecule has 3 heteroatoms. The first kappa shape index (κ1) is 9.36. The van der Waals surface area contributed by atoms with Gasteiger partial charge in [0, 0.05) is 13.2 Å². The van der Waals surface area contributed by atoms with Crippen LogP contribution in [0, 0.1) is 0 Å². The number of ether oxygens (including phenoxy) is 1. The topological polar surface area (TPSA) is 12.5 Å². The Labute approximate surface area is 74.3 Å². The number of likely N-dealkylation sites (tertiary alicyclic amines) is 1. The molecule has 1 aliphatic rings. The molecule has 2 unspecified atom stereocenters. The Balaban J connectivity index is 2.37. The Bertz CT molecular complexity index is 119. The Morgan fingerprint density at radius 3 is 3.00 bits per heavy atom. The highest BCUT2D eigenvalue weighted by Gasteiger charge is 2.26. The van der Waals surface area contributed by atoms with Crippen molar-refractivity contribution in [3.63, 3.8) is 0 Å². The van der Waals surface area contributed by atoms with E-state index in [4.69, 9.17) is 4.74 Å². The molecule has 66 valence electrons. The zero-order chi connectivity index (χ0) is 8.27. The van der Waals surface area contributed by atoms with Gasteiger partial charge in [-0.15, -0.1) is 0 Å². The lowest BCUT2D eigenvalue weighted by Gasteiger charge is -2.26. The van der Waals surface area contributed by atoms with Crippen LogP contribution in [0.4, 0.5) is 0 Å². The van der Waals surface area contributed by atoms with E-state index >= 15 is 0 Å². The molecule has 1 aliphatic heterocycles. The minimum atomic E-state index is 0.373. The van der Waals surface area contributed by atoms with Crippen LogP contribution in [0.1, 0.15) is 19.8 Å². The van der Waals surface area contributed by atoms with E-state index in [1.54, 1.807) is 7.11 Å². The molecule has 1 rings (SSSR count). The van der Waals surface area contributed by atoms with Crippen LogP contribution < -0.4 is 0 Å². The highest BCUT2D eigenvalue weighted by atomic mass is 32.1. The molecule has 0 aliphatic carbocycles. The molecule has 0 aromatic heterocycles. The fraction of sp³-hybridized carbons (Fsp3) is 1.00. The predicted octanol–water partition coefficient (Wildman–Crippen LogP) is 1.37. The Kier molecular flexibility index (Phi) is 3.69. The van der Waals surface area contributed by atoms with Gasteiger partial charge in [-0.05, 0) is 26.3 Å². The number of hydrogen-bond acceptors (Lipinski definition) is 3. The van der Waals surface area contributed by atoms with Crippen LogP contribution in [0.2, 0.25) is 0 Å². The summed E-state index contributed by atoms with van der Waals surface area (Å²) in [6.07, 6.45) is 2.55. The summed E-state index contributed by atoms with van der Waals surface area (Å²) in [4.78, 5) is 2.40. The van der Waals surface area contributed by atoms with Crippen LogP contribution >= 0.6 is 12.6 Å². The molecule has 1 heterocycles. The van der Waals surface area contributed by atoms with E-state index < -0.39 is 0 Å². The highest BCUT2D eigenvalue weighted by molar-refractivity contribution is 7.80. The van der Waals surface area contributed by atoms with Crippen LogP contribution in [0.15, 0.2) is 0 Å². The summed E-state index contributed by atoms with van der Waals surface area (Å²) in [5.74, 6) is 0. The molecule has 0 aromatic carbocycles. The fourth-order valence-corrected chi connectivity index (χ4v) is 2.03. The molecule has 2 nitrogen and oxygen atoms in total. The third-order valence-electron chi connectivity index (χ3n) is 2.26. The predicted molar refractivity (Wildman–Crippen MR) is 50.1 cm³/mol. The molecule has 1 saturated heterocycles. The van der Waals surface area contributed by atoms with Crippen molar-refractivity contribution in [2.45, 2.75) is 31.2 Å². The maximum Gasteiger partial charge on any atom is 0.0618 e. The van der Waals surface area contributed by atoms with Gasteiger partial charge in [0.2, 0.25) is 0 Å². The van der Waals surface area contributed by atoms with Crippen LogP contribution in [0.25, 0.3) is 0 Å². The molecule has 0 saturated carbocycles. The van der Waals surface area contributed by atoms with Gasteiger partial charge in [0.25, 0.3) is 0 Å². The maximum absolute atomic E-state index is 5.13. The van der Waals surface area contributed by atoms with Crippen LogP contribution in [0.5, 0.6) is 0 Å². The zero-order valence-electron chi connectivity index (χ0n) is 7.29. The molecule has 0 aromatic rings. The van der Waals surface area contributed by atoms with Gasteiger partial charge in [0.05, 0.1) is 12.0 Å². The van der Waals surface area contributed by atoms with Gasteiger partial charge in [-0.25, -0.2) is 0 Å². The summed E-state index contributed by atoms with van der Waals surface area (Å²) in [7, 11) is 1.76. The van der Waals surface area contributed by atoms with Crippen molar-refractivity contribution in [1.82, 2.24) is 4.90 Å². The standard InChI is InChI=1S/C8H17NOS/c1-7(11)9-5-3-4-8(9)6-10-2/h7-8,11H,3-6H2,1-2H3. The normalized spacial score (nSPS) is 29.2. The van der Waals surface area contributed by atoms with Crippen LogP contribution in [0.3, 0.4) is 0 Å². The first-order valence-corrected chi connectivity index (χ1v) is 4.70. The molecule has 0 N–H and O–H groups in total. The Morgan fingerprint density at radius 2 is 2.45 bits per heavy atom. The van der Waals surface area contributed by atoms with Gasteiger partial charge in [-0.3, -0.25) is 4.90 Å². The quantitative estimate of drug-likeness (QED) is 0.650. The highest BCUT2D eigenvalue weighted by Crippen LogP contribution is 2.21. The second-order valence-corrected chi connectivity index (χ2v) is 3.87. The molecule has 0 spiro atoms. The molecule has 1 fully saturated rings. The number of rotatable bonds is 3. The molecular weight excluding hydrogens is 158 g/mol. The summed E-state index contributed by atoms with van der Waals surface area (Å²) in [5, 5.41) is 0.373. The Hall–Kier alpha value is 0.270. The van der Waals surface area contributed by atoms with E-state index in [1.807, 2.05) is 0 Å². The summed E-state index contributed by atoms with van der Waals surface area (Å²) in [5.41, 5.74) is 0. The largest absolute Gasteiger partial charge is 0.383 e. The summed E-state index contributed by atoms with van der Waals surface area (Å²) in [6, 6.07) is 0.604. The van der Waals surface area contributed by atoms with Gasteiger partial charge in [-0.1, -0.05) is 0 Å². The second kappa shape index (κ2) is 4.33. The summed E-state index contributed by atoms with van der Waals surface area (Å²) in [6.45, 7) is 4.15. The lowest BCUT2D eigenvalue weighted by Crippen LogP contribution is -2.36. The average Bonchev–Trinajstić information content (AvgIpc) is 2.36. The summed E-state index contributed by atoms with van der Waals surface area (Å²) < 4.78 is 5.13. The number of nitrogens with zero attached hydrogens (tertiary/aromatic N) is 1. The van der Waals surface area contributed by atoms with Crippen molar-refractivity contribution < 1.29 is 4.74 Å². The number of hydrogen-bond donors (Lipinski definition) is 1. The van der Waals surface area contributed by atoms with Gasteiger partial charge in [0.15, 0.2) is 0 Å². The second-order valence-electron chi connectivity index (χ2n) is 3.12. The number of methoxy groups -OCH3 is 1. The zero-order valence-corrected chi connectivity index (χ0v) is 8.18. The van der Waals surface area contributed by atoms with Gasteiger partial charge < -0.3 is 4.74 Å². The minimum absolute atomic E-state index is 0.373. The molecular formula is C8H17NOS. The molecule has 0 amide bonds. The fourth-order valence-electron chi connectivity index (χ4n) is 1.72. The summed E-state index contributed by atoms with van der Waals surface area (Å²) >= 11 is 4.42. The van der Waals surface area contributed by atoms with Crippen molar-refractivity contribution in [3.05, 3.63) is 0 Å². The molecule has 11 heavy (non-hydrogen) atoms. The lowest BCUT2D eigenvalue weighted by molar-refractivity contribution is 0.113. The van der Waals surface area contributed by atoms with Crippen molar-refractivity contribution in [1.29, 1.82) is 0 Å².